The van der Waals surface area contributed by atoms with Gasteiger partial charge in [0.05, 0.1) is 32.1 Å². The first kappa shape index (κ1) is 36.3. The van der Waals surface area contributed by atoms with Crippen molar-refractivity contribution in [3.63, 3.8) is 0 Å². The predicted molar refractivity (Wildman–Crippen MR) is 168 cm³/mol. The van der Waals surface area contributed by atoms with Gasteiger partial charge in [-0.3, -0.25) is 0 Å². The standard InChI is InChI=1S/C16H20BrF2NO3.C16H21F2NO3/c1-10(2)23-14-9-13(12(17)8-11(14)15(21)22-3)20-6-4-16(18,19)5-7-20;1-11(2)22-14-10-12(4-5-13(14)15(20)21-3)19-8-6-16(17,18)7-9-19/h8-10H,4-7H2,1-3H3;4-5,10-11H,6-9H2,1-3H3. The van der Waals surface area contributed by atoms with E-state index in [4.69, 9.17) is 18.9 Å². The summed E-state index contributed by atoms with van der Waals surface area (Å²) in [4.78, 5) is 27.4. The van der Waals surface area contributed by atoms with Crippen molar-refractivity contribution in [2.45, 2.75) is 77.4 Å². The minimum absolute atomic E-state index is 0.107. The van der Waals surface area contributed by atoms with E-state index < -0.39 is 23.8 Å². The quantitative estimate of drug-likeness (QED) is 0.204. The molecule has 2 aliphatic rings. The number of carbonyl (C=O) groups is 2. The van der Waals surface area contributed by atoms with Gasteiger partial charge in [-0.1, -0.05) is 0 Å². The number of hydrogen-bond acceptors (Lipinski definition) is 8. The van der Waals surface area contributed by atoms with Crippen LogP contribution in [0.1, 0.15) is 74.1 Å². The highest BCUT2D eigenvalue weighted by Gasteiger charge is 2.36. The van der Waals surface area contributed by atoms with E-state index in [1.807, 2.05) is 37.5 Å². The van der Waals surface area contributed by atoms with Crippen LogP contribution in [-0.2, 0) is 9.47 Å². The van der Waals surface area contributed by atoms with Crippen molar-refractivity contribution in [2.24, 2.45) is 0 Å². The molecular formula is C32H41BrF4N2O6. The maximum absolute atomic E-state index is 13.3. The summed E-state index contributed by atoms with van der Waals surface area (Å²) in [6.07, 6.45) is -0.919. The Labute approximate surface area is 270 Å². The Hall–Kier alpha value is -3.22. The molecule has 0 saturated carbocycles. The Kier molecular flexibility index (Phi) is 12.4. The molecule has 45 heavy (non-hydrogen) atoms. The molecule has 0 unspecified atom stereocenters. The van der Waals surface area contributed by atoms with Gasteiger partial charge in [-0.15, -0.1) is 0 Å². The molecule has 4 rings (SSSR count). The molecule has 250 valence electrons. The van der Waals surface area contributed by atoms with Crippen LogP contribution in [0.15, 0.2) is 34.8 Å². The highest BCUT2D eigenvalue weighted by atomic mass is 79.9. The Morgan fingerprint density at radius 2 is 1.16 bits per heavy atom. The second-order valence-electron chi connectivity index (χ2n) is 11.5. The lowest BCUT2D eigenvalue weighted by molar-refractivity contribution is -0.0226. The predicted octanol–water partition coefficient (Wildman–Crippen LogP) is 7.75. The summed E-state index contributed by atoms with van der Waals surface area (Å²) in [6.45, 7) is 8.49. The Bertz CT molecular complexity index is 1320. The lowest BCUT2D eigenvalue weighted by atomic mass is 10.1. The zero-order valence-electron chi connectivity index (χ0n) is 26.4. The summed E-state index contributed by atoms with van der Waals surface area (Å²) >= 11 is 3.42. The fourth-order valence-corrected chi connectivity index (χ4v) is 5.50. The van der Waals surface area contributed by atoms with E-state index in [1.54, 1.807) is 30.3 Å². The molecule has 2 saturated heterocycles. The van der Waals surface area contributed by atoms with Crippen LogP contribution in [0.2, 0.25) is 0 Å². The van der Waals surface area contributed by atoms with Crippen LogP contribution in [0.4, 0.5) is 28.9 Å². The number of halogens is 5. The minimum Gasteiger partial charge on any atom is -0.490 e. The average Bonchev–Trinajstić information content (AvgIpc) is 2.97. The topological polar surface area (TPSA) is 77.5 Å². The third-order valence-electron chi connectivity index (χ3n) is 7.25. The Balaban J connectivity index is 0.000000246. The molecule has 13 heteroatoms. The molecule has 0 aromatic heterocycles. The number of carbonyl (C=O) groups excluding carboxylic acids is 2. The van der Waals surface area contributed by atoms with E-state index in [0.717, 1.165) is 11.4 Å². The van der Waals surface area contributed by atoms with E-state index >= 15 is 0 Å². The number of hydrogen-bond donors (Lipinski definition) is 0. The van der Waals surface area contributed by atoms with Gasteiger partial charge in [-0.2, -0.15) is 0 Å². The number of rotatable bonds is 8. The van der Waals surface area contributed by atoms with Crippen molar-refractivity contribution in [1.82, 2.24) is 0 Å². The van der Waals surface area contributed by atoms with Crippen molar-refractivity contribution < 1.29 is 46.1 Å². The molecule has 0 spiro atoms. The minimum atomic E-state index is -2.60. The van der Waals surface area contributed by atoms with Gasteiger partial charge in [-0.05, 0) is 61.8 Å². The third kappa shape index (κ3) is 10.1. The van der Waals surface area contributed by atoms with Crippen molar-refractivity contribution in [2.75, 3.05) is 50.2 Å². The van der Waals surface area contributed by atoms with Gasteiger partial charge in [0.15, 0.2) is 0 Å². The van der Waals surface area contributed by atoms with Gasteiger partial charge >= 0.3 is 11.9 Å². The number of esters is 2. The van der Waals surface area contributed by atoms with Gasteiger partial charge < -0.3 is 28.7 Å². The fourth-order valence-electron chi connectivity index (χ4n) is 4.91. The molecule has 0 amide bonds. The molecule has 2 aliphatic heterocycles. The van der Waals surface area contributed by atoms with Crippen molar-refractivity contribution in [3.05, 3.63) is 45.9 Å². The SMILES string of the molecule is COC(=O)c1cc(Br)c(N2CCC(F)(F)CC2)cc1OC(C)C.COC(=O)c1ccc(N2CCC(F)(F)CC2)cc1OC(C)C. The van der Waals surface area contributed by atoms with E-state index in [1.165, 1.54) is 14.2 Å². The zero-order valence-corrected chi connectivity index (χ0v) is 28.0. The molecule has 0 bridgehead atoms. The van der Waals surface area contributed by atoms with E-state index in [0.29, 0.717) is 27.1 Å². The first-order valence-electron chi connectivity index (χ1n) is 14.8. The number of alkyl halides is 4. The van der Waals surface area contributed by atoms with Crippen molar-refractivity contribution >= 4 is 39.2 Å². The smallest absolute Gasteiger partial charge is 0.341 e. The Morgan fingerprint density at radius 1 is 0.711 bits per heavy atom. The second kappa shape index (κ2) is 15.4. The number of ether oxygens (including phenoxy) is 4. The van der Waals surface area contributed by atoms with Crippen molar-refractivity contribution in [1.29, 1.82) is 0 Å². The molecule has 0 aliphatic carbocycles. The molecule has 2 heterocycles. The average molecular weight is 706 g/mol. The first-order chi connectivity index (χ1) is 21.1. The van der Waals surface area contributed by atoms with Crippen LogP contribution in [0.3, 0.4) is 0 Å². The van der Waals surface area contributed by atoms with E-state index in [-0.39, 0.29) is 64.1 Å². The van der Waals surface area contributed by atoms with E-state index in [2.05, 4.69) is 15.9 Å². The van der Waals surface area contributed by atoms with Crippen molar-refractivity contribution in [3.8, 4) is 11.5 Å². The molecule has 0 atom stereocenters. The number of piperidine rings is 2. The summed E-state index contributed by atoms with van der Waals surface area (Å²) < 4.78 is 74.7. The number of anilines is 2. The highest BCUT2D eigenvalue weighted by molar-refractivity contribution is 9.10. The molecule has 2 aromatic rings. The molecular weight excluding hydrogens is 664 g/mol. The van der Waals surface area contributed by atoms with Crippen LogP contribution in [0.5, 0.6) is 11.5 Å². The molecule has 2 fully saturated rings. The normalized spacial score (nSPS) is 17.4. The number of methoxy groups -OCH3 is 2. The molecule has 2 aromatic carbocycles. The zero-order chi connectivity index (χ0) is 33.5. The van der Waals surface area contributed by atoms with Crippen LogP contribution >= 0.6 is 15.9 Å². The lowest BCUT2D eigenvalue weighted by Crippen LogP contribution is -2.39. The monoisotopic (exact) mass is 704 g/mol. The summed E-state index contributed by atoms with van der Waals surface area (Å²) in [7, 11) is 2.61. The molecule has 0 radical (unpaired) electrons. The highest BCUT2D eigenvalue weighted by Crippen LogP contribution is 2.38. The Morgan fingerprint density at radius 3 is 1.62 bits per heavy atom. The summed E-state index contributed by atoms with van der Waals surface area (Å²) in [5.74, 6) is -5.36. The number of nitrogens with zero attached hydrogens (tertiary/aromatic N) is 2. The summed E-state index contributed by atoms with van der Waals surface area (Å²) in [5.41, 5.74) is 2.16. The van der Waals surface area contributed by atoms with Gasteiger partial charge in [0.2, 0.25) is 0 Å². The molecule has 0 N–H and O–H groups in total. The summed E-state index contributed by atoms with van der Waals surface area (Å²) in [5, 5.41) is 0. The first-order valence-corrected chi connectivity index (χ1v) is 15.6. The van der Waals surface area contributed by atoms with Crippen LogP contribution < -0.4 is 19.3 Å². The van der Waals surface area contributed by atoms with Gasteiger partial charge in [-0.25, -0.2) is 27.2 Å². The van der Waals surface area contributed by atoms with Gasteiger partial charge in [0, 0.05) is 74.2 Å². The molecule has 8 nitrogen and oxygen atoms in total. The maximum atomic E-state index is 13.3. The van der Waals surface area contributed by atoms with Gasteiger partial charge in [0.1, 0.15) is 22.6 Å². The van der Waals surface area contributed by atoms with Gasteiger partial charge in [0.25, 0.3) is 11.8 Å². The largest absolute Gasteiger partial charge is 0.490 e. The third-order valence-corrected chi connectivity index (χ3v) is 7.88. The number of benzene rings is 2. The van der Waals surface area contributed by atoms with Crippen LogP contribution in [-0.4, -0.2) is 76.4 Å². The van der Waals surface area contributed by atoms with Crippen LogP contribution in [0.25, 0.3) is 0 Å². The maximum Gasteiger partial charge on any atom is 0.341 e. The van der Waals surface area contributed by atoms with Crippen LogP contribution in [0, 0.1) is 0 Å². The van der Waals surface area contributed by atoms with E-state index in [9.17, 15) is 27.2 Å². The fraction of sp³-hybridized carbons (Fsp3) is 0.562. The lowest BCUT2D eigenvalue weighted by Gasteiger charge is -2.34. The second-order valence-corrected chi connectivity index (χ2v) is 12.3. The summed E-state index contributed by atoms with van der Waals surface area (Å²) in [6, 6.07) is 8.40.